The number of nitrogens with zero attached hydrogens (tertiary/aromatic N) is 3. The third-order valence-corrected chi connectivity index (χ3v) is 6.07. The van der Waals surface area contributed by atoms with E-state index in [1.54, 1.807) is 19.2 Å². The summed E-state index contributed by atoms with van der Waals surface area (Å²) in [6.07, 6.45) is 7.39. The molecule has 1 amide bonds. The van der Waals surface area contributed by atoms with E-state index < -0.39 is 0 Å². The maximum Gasteiger partial charge on any atom is 0.251 e. The van der Waals surface area contributed by atoms with Gasteiger partial charge in [0, 0.05) is 50.5 Å². The molecular formula is C23H30N4O2. The monoisotopic (exact) mass is 394 g/mol. The van der Waals surface area contributed by atoms with Crippen LogP contribution in [-0.4, -0.2) is 55.1 Å². The Hall–Kier alpha value is -2.60. The average Bonchev–Trinajstić information content (AvgIpc) is 3.33. The summed E-state index contributed by atoms with van der Waals surface area (Å²) in [5, 5.41) is 2.95. The molecule has 0 bridgehead atoms. The van der Waals surface area contributed by atoms with E-state index in [2.05, 4.69) is 32.2 Å². The van der Waals surface area contributed by atoms with Gasteiger partial charge in [-0.15, -0.1) is 0 Å². The van der Waals surface area contributed by atoms with Gasteiger partial charge in [-0.1, -0.05) is 25.0 Å². The highest BCUT2D eigenvalue weighted by Gasteiger charge is 2.26. The van der Waals surface area contributed by atoms with E-state index in [4.69, 9.17) is 4.74 Å². The summed E-state index contributed by atoms with van der Waals surface area (Å²) in [6, 6.07) is 12.1. The molecule has 2 fully saturated rings. The Balaban J connectivity index is 1.27. The first-order chi connectivity index (χ1) is 14.2. The normalized spacial score (nSPS) is 18.0. The number of anilines is 1. The van der Waals surface area contributed by atoms with E-state index in [-0.39, 0.29) is 5.91 Å². The van der Waals surface area contributed by atoms with Crippen LogP contribution in [0.25, 0.3) is 0 Å². The molecule has 0 radical (unpaired) electrons. The van der Waals surface area contributed by atoms with Crippen molar-refractivity contribution in [1.82, 2.24) is 15.2 Å². The van der Waals surface area contributed by atoms with Gasteiger partial charge in [-0.2, -0.15) is 0 Å². The molecular weight excluding hydrogens is 364 g/mol. The molecule has 2 aliphatic rings. The molecule has 1 aliphatic heterocycles. The molecule has 2 aromatic rings. The minimum Gasteiger partial charge on any atom is -0.497 e. The van der Waals surface area contributed by atoms with E-state index in [0.717, 1.165) is 43.6 Å². The summed E-state index contributed by atoms with van der Waals surface area (Å²) >= 11 is 0. The topological polar surface area (TPSA) is 57.7 Å². The maximum atomic E-state index is 12.3. The highest BCUT2D eigenvalue weighted by molar-refractivity contribution is 5.94. The summed E-state index contributed by atoms with van der Waals surface area (Å²) in [4.78, 5) is 22.0. The number of piperazine rings is 1. The van der Waals surface area contributed by atoms with Gasteiger partial charge >= 0.3 is 0 Å². The zero-order chi connectivity index (χ0) is 20.1. The Morgan fingerprint density at radius 3 is 2.62 bits per heavy atom. The van der Waals surface area contributed by atoms with Crippen LogP contribution in [0.1, 0.15) is 41.6 Å². The predicted octanol–water partition coefficient (Wildman–Crippen LogP) is 3.08. The lowest BCUT2D eigenvalue weighted by atomic mass is 10.1. The third-order valence-electron chi connectivity index (χ3n) is 6.07. The summed E-state index contributed by atoms with van der Waals surface area (Å²) in [7, 11) is 1.60. The Morgan fingerprint density at radius 2 is 1.93 bits per heavy atom. The molecule has 6 nitrogen and oxygen atoms in total. The number of ether oxygens (including phenoxy) is 1. The Morgan fingerprint density at radius 1 is 1.14 bits per heavy atom. The Bertz CT molecular complexity index is 810. The number of pyridine rings is 1. The van der Waals surface area contributed by atoms with Crippen LogP contribution in [0.5, 0.6) is 5.75 Å². The number of aromatic nitrogens is 1. The molecule has 0 atom stereocenters. The van der Waals surface area contributed by atoms with Gasteiger partial charge < -0.3 is 15.0 Å². The molecule has 154 valence electrons. The van der Waals surface area contributed by atoms with Gasteiger partial charge in [-0.05, 0) is 42.7 Å². The Labute approximate surface area is 172 Å². The molecule has 1 aromatic heterocycles. The van der Waals surface area contributed by atoms with Crippen molar-refractivity contribution in [2.75, 3.05) is 38.2 Å². The van der Waals surface area contributed by atoms with E-state index in [1.165, 1.54) is 25.7 Å². The molecule has 1 aliphatic carbocycles. The molecule has 2 heterocycles. The van der Waals surface area contributed by atoms with Crippen molar-refractivity contribution in [2.24, 2.45) is 0 Å². The minimum absolute atomic E-state index is 0.115. The van der Waals surface area contributed by atoms with Crippen molar-refractivity contribution in [3.8, 4) is 5.75 Å². The standard InChI is InChI=1S/C23H30N4O2/c1-29-21-8-4-5-19(15-21)23(28)25-17-18-9-10-22(24-16-18)27-13-11-26(12-14-27)20-6-2-3-7-20/h4-5,8-10,15-16,20H,2-3,6-7,11-14,17H2,1H3,(H,25,28). The van der Waals surface area contributed by atoms with Crippen molar-refractivity contribution in [3.63, 3.8) is 0 Å². The molecule has 29 heavy (non-hydrogen) atoms. The molecule has 0 spiro atoms. The second-order valence-corrected chi connectivity index (χ2v) is 7.90. The fraction of sp³-hybridized carbons (Fsp3) is 0.478. The summed E-state index contributed by atoms with van der Waals surface area (Å²) in [5.74, 6) is 1.59. The molecule has 6 heteroatoms. The number of methoxy groups -OCH3 is 1. The number of nitrogens with one attached hydrogen (secondary N) is 1. The van der Waals surface area contributed by atoms with Crippen molar-refractivity contribution in [3.05, 3.63) is 53.7 Å². The molecule has 1 N–H and O–H groups in total. The first-order valence-corrected chi connectivity index (χ1v) is 10.6. The SMILES string of the molecule is COc1cccc(C(=O)NCc2ccc(N3CCN(C4CCCC4)CC3)nc2)c1. The number of hydrogen-bond acceptors (Lipinski definition) is 5. The fourth-order valence-electron chi connectivity index (χ4n) is 4.34. The molecule has 1 saturated carbocycles. The minimum atomic E-state index is -0.115. The van der Waals surface area contributed by atoms with Gasteiger partial charge in [0.2, 0.25) is 0 Å². The summed E-state index contributed by atoms with van der Waals surface area (Å²) in [5.41, 5.74) is 1.59. The molecule has 0 unspecified atom stereocenters. The Kier molecular flexibility index (Phi) is 6.30. The maximum absolute atomic E-state index is 12.3. The first-order valence-electron chi connectivity index (χ1n) is 10.6. The number of carbonyl (C=O) groups excluding carboxylic acids is 1. The highest BCUT2D eigenvalue weighted by atomic mass is 16.5. The zero-order valence-corrected chi connectivity index (χ0v) is 17.1. The highest BCUT2D eigenvalue weighted by Crippen LogP contribution is 2.25. The molecule has 1 saturated heterocycles. The van der Waals surface area contributed by atoms with Crippen LogP contribution >= 0.6 is 0 Å². The fourth-order valence-corrected chi connectivity index (χ4v) is 4.34. The largest absolute Gasteiger partial charge is 0.497 e. The van der Waals surface area contributed by atoms with Gasteiger partial charge in [-0.25, -0.2) is 4.98 Å². The van der Waals surface area contributed by atoms with Crippen LogP contribution in [-0.2, 0) is 6.54 Å². The second-order valence-electron chi connectivity index (χ2n) is 7.90. The lowest BCUT2D eigenvalue weighted by Gasteiger charge is -2.38. The van der Waals surface area contributed by atoms with E-state index in [9.17, 15) is 4.79 Å². The number of rotatable bonds is 6. The molecule has 4 rings (SSSR count). The van der Waals surface area contributed by atoms with E-state index >= 15 is 0 Å². The van der Waals surface area contributed by atoms with Gasteiger partial charge in [0.1, 0.15) is 11.6 Å². The van der Waals surface area contributed by atoms with Gasteiger partial charge in [0.25, 0.3) is 5.91 Å². The summed E-state index contributed by atoms with van der Waals surface area (Å²) < 4.78 is 5.18. The first kappa shape index (κ1) is 19.7. The third kappa shape index (κ3) is 4.88. The van der Waals surface area contributed by atoms with Crippen LogP contribution in [0, 0.1) is 0 Å². The van der Waals surface area contributed by atoms with Crippen LogP contribution in [0.3, 0.4) is 0 Å². The quantitative estimate of drug-likeness (QED) is 0.816. The lowest BCUT2D eigenvalue weighted by Crippen LogP contribution is -2.50. The van der Waals surface area contributed by atoms with Crippen molar-refractivity contribution in [2.45, 2.75) is 38.3 Å². The van der Waals surface area contributed by atoms with Gasteiger partial charge in [-0.3, -0.25) is 9.69 Å². The van der Waals surface area contributed by atoms with Crippen molar-refractivity contribution in [1.29, 1.82) is 0 Å². The van der Waals surface area contributed by atoms with Crippen molar-refractivity contribution >= 4 is 11.7 Å². The summed E-state index contributed by atoms with van der Waals surface area (Å²) in [6.45, 7) is 4.79. The smallest absolute Gasteiger partial charge is 0.251 e. The number of amides is 1. The predicted molar refractivity (Wildman–Crippen MR) is 114 cm³/mol. The number of hydrogen-bond donors (Lipinski definition) is 1. The van der Waals surface area contributed by atoms with Gasteiger partial charge in [0.15, 0.2) is 0 Å². The lowest BCUT2D eigenvalue weighted by molar-refractivity contribution is 0.0950. The van der Waals surface area contributed by atoms with E-state index in [1.807, 2.05) is 18.3 Å². The second kappa shape index (κ2) is 9.27. The van der Waals surface area contributed by atoms with Crippen molar-refractivity contribution < 1.29 is 9.53 Å². The average molecular weight is 395 g/mol. The number of carbonyl (C=O) groups is 1. The van der Waals surface area contributed by atoms with Crippen LogP contribution < -0.4 is 15.0 Å². The van der Waals surface area contributed by atoms with Gasteiger partial charge in [0.05, 0.1) is 7.11 Å². The van der Waals surface area contributed by atoms with Crippen LogP contribution in [0.15, 0.2) is 42.6 Å². The molecule has 1 aromatic carbocycles. The van der Waals surface area contributed by atoms with E-state index in [0.29, 0.717) is 17.9 Å². The van der Waals surface area contributed by atoms with Crippen LogP contribution in [0.4, 0.5) is 5.82 Å². The van der Waals surface area contributed by atoms with Crippen LogP contribution in [0.2, 0.25) is 0 Å². The zero-order valence-electron chi connectivity index (χ0n) is 17.1. The number of benzene rings is 1.